The van der Waals surface area contributed by atoms with E-state index in [1.165, 1.54) is 14.2 Å². The van der Waals surface area contributed by atoms with E-state index in [-0.39, 0.29) is 29.6 Å². The second-order valence-corrected chi connectivity index (χ2v) is 16.8. The van der Waals surface area contributed by atoms with Gasteiger partial charge in [-0.2, -0.15) is 0 Å². The fraction of sp³-hybridized carbons (Fsp3) is 0.458. The summed E-state index contributed by atoms with van der Waals surface area (Å²) in [5, 5.41) is 5.37. The van der Waals surface area contributed by atoms with E-state index in [4.69, 9.17) is 20.2 Å². The zero-order chi connectivity index (χ0) is 46.0. The van der Waals surface area contributed by atoms with Gasteiger partial charge in [0.15, 0.2) is 0 Å². The molecule has 2 aromatic carbocycles. The summed E-state index contributed by atoms with van der Waals surface area (Å²) in [4.78, 5) is 73.3. The Kier molecular flexibility index (Phi) is 15.4. The number of nitrogens with zero attached hydrogens (tertiary/aromatic N) is 6. The van der Waals surface area contributed by atoms with Crippen LogP contribution in [0.25, 0.3) is 5.57 Å². The molecule has 0 bridgehead atoms. The molecule has 4 amide bonds. The topological polar surface area (TPSA) is 191 Å². The van der Waals surface area contributed by atoms with Crippen LogP contribution in [0.1, 0.15) is 81.2 Å². The number of amides is 4. The molecule has 3 aliphatic rings. The Morgan fingerprint density at radius 2 is 1.55 bits per heavy atom. The molecule has 0 radical (unpaired) electrons. The van der Waals surface area contributed by atoms with E-state index in [1.54, 1.807) is 28.1 Å². The minimum absolute atomic E-state index is 0.206. The van der Waals surface area contributed by atoms with Gasteiger partial charge in [0.1, 0.15) is 35.0 Å². The summed E-state index contributed by atoms with van der Waals surface area (Å²) in [5.74, 6) is 12.3. The van der Waals surface area contributed by atoms with Crippen molar-refractivity contribution in [3.8, 4) is 23.7 Å². The predicted octanol–water partition coefficient (Wildman–Crippen LogP) is 4.48. The normalized spacial score (nSPS) is 19.6. The lowest BCUT2D eigenvalue weighted by molar-refractivity contribution is -0.135. The van der Waals surface area contributed by atoms with Crippen molar-refractivity contribution in [3.63, 3.8) is 0 Å². The molecule has 64 heavy (non-hydrogen) atoms. The third kappa shape index (κ3) is 11.0. The molecule has 16 heteroatoms. The highest BCUT2D eigenvalue weighted by Gasteiger charge is 2.39. The first kappa shape index (κ1) is 46.7. The van der Waals surface area contributed by atoms with Crippen LogP contribution in [0.5, 0.6) is 0 Å². The maximum absolute atomic E-state index is 14.0. The van der Waals surface area contributed by atoms with Gasteiger partial charge < -0.3 is 50.4 Å². The standard InChI is InChI=1S/C48H60N10O6/c1-32(2)40(52-46(61)63-6)44(59)57-25-13-18-38(57)42(49)54-48(4,33(3)34-20-22-37(23-21-34)56-29-27-55(5)28-30-56)24-12-11-17-36-31-50-43(51-36)39-19-14-26-58(39)45(60)41(53-47(62)64-7)35-15-9-8-10-16-35/h8-10,15-16,20-23,31-32,38-41H,3,13-14,18-19,25-30H2,1-2,4-7H3,(H2,49,54)(H,50,51)(H,52,61)(H,53,62)/t38-,39-,40-,41+,48?/m0/s1. The number of H-pyrrole nitrogens is 1. The number of likely N-dealkylation sites (tertiary alicyclic amines) is 2. The molecule has 338 valence electrons. The van der Waals surface area contributed by atoms with Crippen LogP contribution in [0, 0.1) is 29.6 Å². The van der Waals surface area contributed by atoms with Crippen LogP contribution < -0.4 is 21.3 Å². The molecule has 0 spiro atoms. The third-order valence-electron chi connectivity index (χ3n) is 12.1. The number of amidine groups is 1. The number of carbonyl (C=O) groups excluding carboxylic acids is 4. The summed E-state index contributed by atoms with van der Waals surface area (Å²) < 4.78 is 9.63. The molecule has 3 saturated heterocycles. The van der Waals surface area contributed by atoms with Gasteiger partial charge in [0.05, 0.1) is 32.5 Å². The Morgan fingerprint density at radius 1 is 0.891 bits per heavy atom. The quantitative estimate of drug-likeness (QED) is 0.115. The number of nitrogens with one attached hydrogen (secondary N) is 3. The van der Waals surface area contributed by atoms with E-state index in [9.17, 15) is 19.2 Å². The molecule has 1 aromatic heterocycles. The summed E-state index contributed by atoms with van der Waals surface area (Å²) >= 11 is 0. The van der Waals surface area contributed by atoms with Gasteiger partial charge in [-0.15, -0.1) is 0 Å². The molecule has 16 nitrogen and oxygen atoms in total. The van der Waals surface area contributed by atoms with E-state index < -0.39 is 35.9 Å². The molecule has 3 fully saturated rings. The lowest BCUT2D eigenvalue weighted by atomic mass is 9.88. The summed E-state index contributed by atoms with van der Waals surface area (Å²) in [5.41, 5.74) is 9.26. The first-order chi connectivity index (χ1) is 30.7. The lowest BCUT2D eigenvalue weighted by Gasteiger charge is -2.34. The third-order valence-corrected chi connectivity index (χ3v) is 12.1. The number of likely N-dealkylation sites (N-methyl/N-ethyl adjacent to an activating group) is 1. The highest BCUT2D eigenvalue weighted by atomic mass is 16.5. The average Bonchev–Trinajstić information content (AvgIpc) is 4.11. The van der Waals surface area contributed by atoms with Crippen molar-refractivity contribution < 1.29 is 28.7 Å². The minimum atomic E-state index is -1.26. The maximum atomic E-state index is 14.0. The number of imidazole rings is 1. The van der Waals surface area contributed by atoms with Crippen LogP contribution in [0.4, 0.5) is 15.3 Å². The first-order valence-electron chi connectivity index (χ1n) is 21.7. The van der Waals surface area contributed by atoms with Gasteiger partial charge in [-0.25, -0.2) is 19.6 Å². The van der Waals surface area contributed by atoms with Crippen LogP contribution >= 0.6 is 0 Å². The molecule has 3 aliphatic heterocycles. The van der Waals surface area contributed by atoms with Crippen LogP contribution in [0.15, 0.2) is 72.4 Å². The van der Waals surface area contributed by atoms with Crippen molar-refractivity contribution in [1.82, 2.24) is 35.3 Å². The van der Waals surface area contributed by atoms with Crippen LogP contribution in [-0.2, 0) is 19.1 Å². The highest BCUT2D eigenvalue weighted by Crippen LogP contribution is 2.34. The van der Waals surface area contributed by atoms with Crippen molar-refractivity contribution in [3.05, 3.63) is 90.0 Å². The molecule has 5 N–H and O–H groups in total. The van der Waals surface area contributed by atoms with Gasteiger partial charge in [-0.05, 0) is 92.2 Å². The lowest BCUT2D eigenvalue weighted by Crippen LogP contribution is -2.55. The number of anilines is 1. The molecular weight excluding hydrogens is 813 g/mol. The van der Waals surface area contributed by atoms with Crippen molar-refractivity contribution >= 4 is 41.1 Å². The van der Waals surface area contributed by atoms with Gasteiger partial charge in [0.25, 0.3) is 5.91 Å². The van der Waals surface area contributed by atoms with Gasteiger partial charge in [-0.1, -0.05) is 68.8 Å². The summed E-state index contributed by atoms with van der Waals surface area (Å²) in [6.45, 7) is 14.8. The van der Waals surface area contributed by atoms with E-state index in [0.29, 0.717) is 55.0 Å². The molecule has 0 aliphatic carbocycles. The summed E-state index contributed by atoms with van der Waals surface area (Å²) in [7, 11) is 4.65. The Bertz CT molecular complexity index is 2320. The number of methoxy groups -OCH3 is 2. The minimum Gasteiger partial charge on any atom is -0.453 e. The maximum Gasteiger partial charge on any atom is 0.407 e. The smallest absolute Gasteiger partial charge is 0.407 e. The number of hydrogen-bond donors (Lipinski definition) is 4. The van der Waals surface area contributed by atoms with E-state index in [0.717, 1.165) is 43.9 Å². The number of rotatable bonds is 12. The Balaban J connectivity index is 1.26. The first-order valence-corrected chi connectivity index (χ1v) is 21.7. The van der Waals surface area contributed by atoms with Crippen molar-refractivity contribution in [1.29, 1.82) is 0 Å². The molecule has 3 aromatic rings. The molecule has 5 atom stereocenters. The van der Waals surface area contributed by atoms with Crippen molar-refractivity contribution in [2.75, 3.05) is 65.4 Å². The number of aliphatic imine (C=N–C) groups is 1. The monoisotopic (exact) mass is 872 g/mol. The number of aromatic amines is 1. The summed E-state index contributed by atoms with van der Waals surface area (Å²) in [6, 6.07) is 14.6. The second kappa shape index (κ2) is 21.1. The molecule has 6 rings (SSSR count). The second-order valence-electron chi connectivity index (χ2n) is 16.8. The Labute approximate surface area is 376 Å². The Morgan fingerprint density at radius 3 is 2.22 bits per heavy atom. The number of aromatic nitrogens is 2. The van der Waals surface area contributed by atoms with Crippen molar-refractivity contribution in [2.24, 2.45) is 16.6 Å². The van der Waals surface area contributed by atoms with Gasteiger partial charge >= 0.3 is 12.2 Å². The number of carbonyl (C=O) groups is 4. The number of alkyl carbamates (subject to hydrolysis) is 2. The Hall–Kier alpha value is -6.78. The molecular formula is C48H60N10O6. The predicted molar refractivity (Wildman–Crippen MR) is 246 cm³/mol. The fourth-order valence-electron chi connectivity index (χ4n) is 8.35. The van der Waals surface area contributed by atoms with Crippen LogP contribution in [0.2, 0.25) is 0 Å². The number of nitrogens with two attached hydrogens (primary N) is 1. The van der Waals surface area contributed by atoms with Gasteiger partial charge in [0.2, 0.25) is 5.91 Å². The van der Waals surface area contributed by atoms with E-state index in [1.807, 2.05) is 51.1 Å². The van der Waals surface area contributed by atoms with Crippen molar-refractivity contribution in [2.45, 2.75) is 76.2 Å². The zero-order valence-electron chi connectivity index (χ0n) is 37.6. The van der Waals surface area contributed by atoms with Crippen LogP contribution in [-0.4, -0.2) is 133 Å². The molecule has 4 heterocycles. The molecule has 0 saturated carbocycles. The van der Waals surface area contributed by atoms with E-state index >= 15 is 0 Å². The van der Waals surface area contributed by atoms with E-state index in [2.05, 4.69) is 79.8 Å². The van der Waals surface area contributed by atoms with Gasteiger partial charge in [0, 0.05) is 45.0 Å². The highest BCUT2D eigenvalue weighted by molar-refractivity contribution is 5.95. The number of piperazine rings is 1. The number of hydrogen-bond acceptors (Lipinski definition) is 10. The summed E-state index contributed by atoms with van der Waals surface area (Å²) in [6.07, 6.45) is 2.92. The zero-order valence-corrected chi connectivity index (χ0v) is 37.6. The largest absolute Gasteiger partial charge is 0.453 e. The van der Waals surface area contributed by atoms with Crippen LogP contribution in [0.3, 0.4) is 0 Å². The van der Waals surface area contributed by atoms with Gasteiger partial charge in [-0.3, -0.25) is 9.59 Å². The number of benzene rings is 2. The molecule has 1 unspecified atom stereocenters. The number of ether oxygens (including phenoxy) is 2. The average molecular weight is 873 g/mol. The fourth-order valence-corrected chi connectivity index (χ4v) is 8.35. The SMILES string of the molecule is C=C(c1ccc(N2CCN(C)CC2)cc1)C(C)(C#CC#Cc1cnc([C@@H]2CCCN2C(=O)[C@H](NC(=O)OC)c2ccccc2)[nH]1)N=C(N)[C@@H]1CCCN1C(=O)[C@@H](NC(=O)OC)C(C)C.